The van der Waals surface area contributed by atoms with Crippen molar-refractivity contribution in [3.8, 4) is 11.5 Å². The molecule has 1 amide bonds. The quantitative estimate of drug-likeness (QED) is 0.601. The normalized spacial score (nSPS) is 11.6. The molecule has 0 bridgehead atoms. The Bertz CT molecular complexity index is 746. The van der Waals surface area contributed by atoms with Crippen molar-refractivity contribution in [3.63, 3.8) is 0 Å². The summed E-state index contributed by atoms with van der Waals surface area (Å²) in [5, 5.41) is 23.3. The largest absolute Gasteiger partial charge is 0.507 e. The van der Waals surface area contributed by atoms with Crippen LogP contribution >= 0.6 is 0 Å². The molecule has 23 heavy (non-hydrogen) atoms. The minimum absolute atomic E-state index is 0.0723. The highest BCUT2D eigenvalue weighted by Crippen LogP contribution is 2.27. The van der Waals surface area contributed by atoms with E-state index in [1.165, 1.54) is 18.3 Å². The number of nitrogens with zero attached hydrogens (tertiary/aromatic N) is 1. The highest BCUT2D eigenvalue weighted by molar-refractivity contribution is 5.97. The molecule has 0 radical (unpaired) electrons. The van der Waals surface area contributed by atoms with Crippen LogP contribution in [0.2, 0.25) is 0 Å². The van der Waals surface area contributed by atoms with Gasteiger partial charge in [-0.05, 0) is 35.2 Å². The summed E-state index contributed by atoms with van der Waals surface area (Å²) in [6.45, 7) is 6.08. The summed E-state index contributed by atoms with van der Waals surface area (Å²) < 4.78 is 0. The molecular weight excluding hydrogens is 292 g/mol. The topological polar surface area (TPSA) is 81.9 Å². The predicted octanol–water partition coefficient (Wildman–Crippen LogP) is 3.16. The second-order valence-electron chi connectivity index (χ2n) is 6.24. The van der Waals surface area contributed by atoms with Crippen molar-refractivity contribution in [2.75, 3.05) is 0 Å². The van der Waals surface area contributed by atoms with E-state index in [1.54, 1.807) is 30.3 Å². The molecule has 0 aliphatic heterocycles. The molecule has 0 spiro atoms. The van der Waals surface area contributed by atoms with Crippen molar-refractivity contribution in [3.05, 3.63) is 59.2 Å². The van der Waals surface area contributed by atoms with Gasteiger partial charge in [0, 0.05) is 5.56 Å². The average molecular weight is 312 g/mol. The first-order valence-corrected chi connectivity index (χ1v) is 7.24. The van der Waals surface area contributed by atoms with Crippen molar-refractivity contribution in [1.29, 1.82) is 0 Å². The number of phenols is 2. The maximum Gasteiger partial charge on any atom is 0.275 e. The van der Waals surface area contributed by atoms with E-state index < -0.39 is 5.91 Å². The van der Waals surface area contributed by atoms with Crippen LogP contribution < -0.4 is 5.43 Å². The van der Waals surface area contributed by atoms with Crippen molar-refractivity contribution in [2.45, 2.75) is 26.2 Å². The Morgan fingerprint density at radius 1 is 1.09 bits per heavy atom. The van der Waals surface area contributed by atoms with Gasteiger partial charge in [-0.2, -0.15) is 5.10 Å². The summed E-state index contributed by atoms with van der Waals surface area (Å²) in [5.41, 5.74) is 3.80. The number of rotatable bonds is 3. The summed E-state index contributed by atoms with van der Waals surface area (Å²) >= 11 is 0. The molecule has 2 rings (SSSR count). The van der Waals surface area contributed by atoms with Crippen LogP contribution in [0.5, 0.6) is 11.5 Å². The van der Waals surface area contributed by atoms with Crippen LogP contribution in [0.1, 0.15) is 42.3 Å². The monoisotopic (exact) mass is 312 g/mol. The van der Waals surface area contributed by atoms with Crippen LogP contribution in [-0.2, 0) is 5.41 Å². The first-order valence-electron chi connectivity index (χ1n) is 7.24. The molecule has 0 aliphatic rings. The summed E-state index contributed by atoms with van der Waals surface area (Å²) in [4.78, 5) is 12.2. The van der Waals surface area contributed by atoms with E-state index >= 15 is 0 Å². The van der Waals surface area contributed by atoms with Gasteiger partial charge in [-0.1, -0.05) is 39.0 Å². The maximum absolute atomic E-state index is 12.2. The lowest BCUT2D eigenvalue weighted by Gasteiger charge is -2.19. The molecule has 0 fully saturated rings. The van der Waals surface area contributed by atoms with E-state index in [-0.39, 0.29) is 22.5 Å². The molecule has 3 N–H and O–H groups in total. The molecule has 0 heterocycles. The van der Waals surface area contributed by atoms with Crippen LogP contribution in [0.3, 0.4) is 0 Å². The smallest absolute Gasteiger partial charge is 0.275 e. The van der Waals surface area contributed by atoms with Crippen LogP contribution in [0.15, 0.2) is 47.6 Å². The number of para-hydroxylation sites is 1. The highest BCUT2D eigenvalue weighted by atomic mass is 16.3. The minimum atomic E-state index is -0.514. The van der Waals surface area contributed by atoms with E-state index in [0.717, 1.165) is 5.56 Å². The number of hydrogen-bond acceptors (Lipinski definition) is 4. The fourth-order valence-electron chi connectivity index (χ4n) is 2.00. The van der Waals surface area contributed by atoms with Crippen LogP contribution in [0.25, 0.3) is 0 Å². The number of nitrogens with one attached hydrogen (secondary N) is 1. The lowest BCUT2D eigenvalue weighted by atomic mass is 9.86. The zero-order valence-electron chi connectivity index (χ0n) is 13.4. The molecule has 2 aromatic carbocycles. The number of hydrazone groups is 1. The first kappa shape index (κ1) is 16.5. The Kier molecular flexibility index (Phi) is 4.69. The molecule has 0 unspecified atom stereocenters. The Morgan fingerprint density at radius 2 is 1.78 bits per heavy atom. The Morgan fingerprint density at radius 3 is 2.43 bits per heavy atom. The van der Waals surface area contributed by atoms with E-state index in [0.29, 0.717) is 5.56 Å². The number of carbonyl (C=O) groups is 1. The lowest BCUT2D eigenvalue weighted by Crippen LogP contribution is -2.19. The Labute approximate surface area is 135 Å². The molecule has 5 heteroatoms. The zero-order valence-corrected chi connectivity index (χ0v) is 13.4. The van der Waals surface area contributed by atoms with Crippen LogP contribution in [0.4, 0.5) is 0 Å². The van der Waals surface area contributed by atoms with E-state index in [1.807, 2.05) is 20.8 Å². The van der Waals surface area contributed by atoms with Crippen LogP contribution in [0, 0.1) is 0 Å². The van der Waals surface area contributed by atoms with Gasteiger partial charge in [0.2, 0.25) is 0 Å². The number of amides is 1. The standard InChI is InChI=1S/C18H20N2O3/c1-18(2,3)13-8-9-16(22)14(10-13)17(23)20-19-11-12-6-4-5-7-15(12)21/h4-11,21-22H,1-3H3,(H,20,23)/b19-11+. The van der Waals surface area contributed by atoms with Gasteiger partial charge in [-0.25, -0.2) is 5.43 Å². The maximum atomic E-state index is 12.2. The zero-order chi connectivity index (χ0) is 17.0. The molecule has 0 aromatic heterocycles. The van der Waals surface area contributed by atoms with Crippen molar-refractivity contribution >= 4 is 12.1 Å². The molecule has 120 valence electrons. The van der Waals surface area contributed by atoms with E-state index in [4.69, 9.17) is 0 Å². The third-order valence-electron chi connectivity index (χ3n) is 3.41. The Hall–Kier alpha value is -2.82. The molecule has 5 nitrogen and oxygen atoms in total. The second kappa shape index (κ2) is 6.52. The molecule has 0 saturated carbocycles. The third-order valence-corrected chi connectivity index (χ3v) is 3.41. The van der Waals surface area contributed by atoms with Crippen LogP contribution in [-0.4, -0.2) is 22.3 Å². The van der Waals surface area contributed by atoms with Gasteiger partial charge < -0.3 is 10.2 Å². The van der Waals surface area contributed by atoms with Gasteiger partial charge in [0.05, 0.1) is 11.8 Å². The summed E-state index contributed by atoms with van der Waals surface area (Å²) in [5.74, 6) is -0.545. The predicted molar refractivity (Wildman–Crippen MR) is 90.0 cm³/mol. The van der Waals surface area contributed by atoms with Crippen molar-refractivity contribution in [1.82, 2.24) is 5.43 Å². The summed E-state index contributed by atoms with van der Waals surface area (Å²) in [7, 11) is 0. The molecule has 0 saturated heterocycles. The molecule has 0 atom stereocenters. The van der Waals surface area contributed by atoms with Gasteiger partial charge >= 0.3 is 0 Å². The van der Waals surface area contributed by atoms with Gasteiger partial charge in [-0.15, -0.1) is 0 Å². The number of carbonyl (C=O) groups excluding carboxylic acids is 1. The first-order chi connectivity index (χ1) is 10.8. The Balaban J connectivity index is 2.17. The third kappa shape index (κ3) is 4.10. The number of aromatic hydroxyl groups is 2. The van der Waals surface area contributed by atoms with Gasteiger partial charge in [-0.3, -0.25) is 4.79 Å². The van der Waals surface area contributed by atoms with Gasteiger partial charge in [0.25, 0.3) is 5.91 Å². The SMILES string of the molecule is CC(C)(C)c1ccc(O)c(C(=O)N/N=C/c2ccccc2O)c1. The van der Waals surface area contributed by atoms with E-state index in [2.05, 4.69) is 10.5 Å². The molecule has 2 aromatic rings. The molecular formula is C18H20N2O3. The van der Waals surface area contributed by atoms with Crippen molar-refractivity contribution in [2.24, 2.45) is 5.10 Å². The average Bonchev–Trinajstić information content (AvgIpc) is 2.48. The number of phenolic OH excluding ortho intramolecular Hbond substituents is 2. The lowest BCUT2D eigenvalue weighted by molar-refractivity contribution is 0.0952. The van der Waals surface area contributed by atoms with E-state index in [9.17, 15) is 15.0 Å². The minimum Gasteiger partial charge on any atom is -0.507 e. The molecule has 0 aliphatic carbocycles. The number of hydrogen-bond donors (Lipinski definition) is 3. The summed E-state index contributed by atoms with van der Waals surface area (Å²) in [6, 6.07) is 11.6. The second-order valence-corrected chi connectivity index (χ2v) is 6.24. The fourth-order valence-corrected chi connectivity index (χ4v) is 2.00. The van der Waals surface area contributed by atoms with Crippen molar-refractivity contribution < 1.29 is 15.0 Å². The fraction of sp³-hybridized carbons (Fsp3) is 0.222. The number of benzene rings is 2. The summed E-state index contributed by atoms with van der Waals surface area (Å²) in [6.07, 6.45) is 1.35. The van der Waals surface area contributed by atoms with Gasteiger partial charge in [0.1, 0.15) is 11.5 Å². The highest BCUT2D eigenvalue weighted by Gasteiger charge is 2.18. The van der Waals surface area contributed by atoms with Gasteiger partial charge in [0.15, 0.2) is 0 Å².